The Hall–Kier alpha value is -3.74. The van der Waals surface area contributed by atoms with E-state index in [4.69, 9.17) is 14.5 Å². The number of fused-ring (bicyclic) bond motifs is 4. The van der Waals surface area contributed by atoms with Crippen LogP contribution in [0.3, 0.4) is 0 Å². The van der Waals surface area contributed by atoms with Gasteiger partial charge in [0.1, 0.15) is 5.75 Å². The van der Waals surface area contributed by atoms with Crippen LogP contribution in [0.5, 0.6) is 5.75 Å². The molecule has 0 aliphatic carbocycles. The second-order valence-corrected chi connectivity index (χ2v) is 8.00. The number of aromatic nitrogens is 3. The standard InChI is InChI=1S/C24H22N4O3/c1-5-31-23(29)14-9-10-17-16(11-14)24(2,3)21(26-17)15-12-25-22-20-18(27-28(22)13-15)7-6-8-19(20)30-4/h6-13H,5H2,1-4H3. The molecule has 2 aromatic heterocycles. The van der Waals surface area contributed by atoms with Crippen molar-refractivity contribution in [3.05, 3.63) is 65.5 Å². The molecule has 0 spiro atoms. The molecule has 0 saturated heterocycles. The van der Waals surface area contributed by atoms with E-state index in [-0.39, 0.29) is 5.97 Å². The zero-order valence-corrected chi connectivity index (χ0v) is 17.8. The minimum atomic E-state index is -0.405. The van der Waals surface area contributed by atoms with Crippen LogP contribution in [-0.4, -0.2) is 40.0 Å². The molecule has 1 aliphatic heterocycles. The van der Waals surface area contributed by atoms with Crippen molar-refractivity contribution in [3.63, 3.8) is 0 Å². The molecular formula is C24H22N4O3. The summed E-state index contributed by atoms with van der Waals surface area (Å²) in [5, 5.41) is 5.55. The number of rotatable bonds is 4. The average molecular weight is 414 g/mol. The molecule has 0 amide bonds. The molecule has 0 atom stereocenters. The SMILES string of the molecule is CCOC(=O)c1ccc2c(c1)C(C)(C)C(c1cnc3c4c(OC)cccc4nn3c1)=N2. The van der Waals surface area contributed by atoms with E-state index in [0.717, 1.165) is 44.8 Å². The summed E-state index contributed by atoms with van der Waals surface area (Å²) >= 11 is 0. The van der Waals surface area contributed by atoms with Gasteiger partial charge in [0, 0.05) is 23.4 Å². The Balaban J connectivity index is 1.60. The van der Waals surface area contributed by atoms with E-state index in [1.807, 2.05) is 42.7 Å². The molecule has 31 heavy (non-hydrogen) atoms. The third-order valence-corrected chi connectivity index (χ3v) is 5.75. The average Bonchev–Trinajstić information content (AvgIpc) is 3.27. The Kier molecular flexibility index (Phi) is 4.28. The molecule has 0 saturated carbocycles. The zero-order valence-electron chi connectivity index (χ0n) is 17.8. The highest BCUT2D eigenvalue weighted by atomic mass is 16.5. The first-order chi connectivity index (χ1) is 14.9. The lowest BCUT2D eigenvalue weighted by Gasteiger charge is -2.22. The topological polar surface area (TPSA) is 78.1 Å². The van der Waals surface area contributed by atoms with Crippen LogP contribution in [0.25, 0.3) is 16.6 Å². The van der Waals surface area contributed by atoms with Crippen molar-refractivity contribution in [2.24, 2.45) is 4.99 Å². The molecule has 156 valence electrons. The molecule has 0 bridgehead atoms. The third-order valence-electron chi connectivity index (χ3n) is 5.75. The Morgan fingerprint density at radius 3 is 2.81 bits per heavy atom. The Morgan fingerprint density at radius 2 is 2.03 bits per heavy atom. The molecule has 2 aromatic carbocycles. The monoisotopic (exact) mass is 414 g/mol. The highest BCUT2D eigenvalue weighted by Crippen LogP contribution is 2.42. The van der Waals surface area contributed by atoms with Crippen molar-refractivity contribution in [1.82, 2.24) is 14.6 Å². The lowest BCUT2D eigenvalue weighted by Crippen LogP contribution is -2.27. The van der Waals surface area contributed by atoms with Gasteiger partial charge >= 0.3 is 5.97 Å². The summed E-state index contributed by atoms with van der Waals surface area (Å²) in [7, 11) is 1.64. The lowest BCUT2D eigenvalue weighted by molar-refractivity contribution is 0.0526. The molecule has 5 rings (SSSR count). The van der Waals surface area contributed by atoms with Crippen LogP contribution in [0.2, 0.25) is 0 Å². The molecule has 0 N–H and O–H groups in total. The van der Waals surface area contributed by atoms with Crippen LogP contribution >= 0.6 is 0 Å². The Bertz CT molecular complexity index is 1380. The summed E-state index contributed by atoms with van der Waals surface area (Å²) in [4.78, 5) is 21.8. The minimum absolute atomic E-state index is 0.324. The quantitative estimate of drug-likeness (QED) is 0.460. The number of methoxy groups -OCH3 is 1. The number of hydrogen-bond acceptors (Lipinski definition) is 6. The van der Waals surface area contributed by atoms with Crippen molar-refractivity contribution < 1.29 is 14.3 Å². The number of carbonyl (C=O) groups excluding carboxylic acids is 1. The van der Waals surface area contributed by atoms with E-state index in [0.29, 0.717) is 12.2 Å². The maximum Gasteiger partial charge on any atom is 0.338 e. The van der Waals surface area contributed by atoms with Crippen molar-refractivity contribution in [1.29, 1.82) is 0 Å². The van der Waals surface area contributed by atoms with Crippen molar-refractivity contribution >= 4 is 33.9 Å². The smallest absolute Gasteiger partial charge is 0.338 e. The van der Waals surface area contributed by atoms with E-state index in [1.165, 1.54) is 0 Å². The highest BCUT2D eigenvalue weighted by molar-refractivity contribution is 6.12. The fraction of sp³-hybridized carbons (Fsp3) is 0.250. The fourth-order valence-electron chi connectivity index (χ4n) is 4.20. The van der Waals surface area contributed by atoms with Crippen LogP contribution in [0.15, 0.2) is 53.8 Å². The van der Waals surface area contributed by atoms with Crippen LogP contribution in [0, 0.1) is 0 Å². The number of hydrogen-bond donors (Lipinski definition) is 0. The maximum absolute atomic E-state index is 12.2. The predicted molar refractivity (Wildman–Crippen MR) is 119 cm³/mol. The highest BCUT2D eigenvalue weighted by Gasteiger charge is 2.37. The summed E-state index contributed by atoms with van der Waals surface area (Å²) in [5.41, 5.74) is 5.26. The molecule has 0 fully saturated rings. The van der Waals surface area contributed by atoms with Gasteiger partial charge in [0.2, 0.25) is 0 Å². The molecule has 3 heterocycles. The van der Waals surface area contributed by atoms with Crippen molar-refractivity contribution in [2.45, 2.75) is 26.2 Å². The fourth-order valence-corrected chi connectivity index (χ4v) is 4.20. The molecule has 0 radical (unpaired) electrons. The molecule has 0 unspecified atom stereocenters. The van der Waals surface area contributed by atoms with Crippen molar-refractivity contribution in [3.8, 4) is 5.75 Å². The lowest BCUT2D eigenvalue weighted by atomic mass is 9.79. The van der Waals surface area contributed by atoms with Gasteiger partial charge in [0.15, 0.2) is 5.65 Å². The molecule has 7 heteroatoms. The van der Waals surface area contributed by atoms with Gasteiger partial charge in [0.05, 0.1) is 41.6 Å². The summed E-state index contributed by atoms with van der Waals surface area (Å²) in [6.45, 7) is 6.34. The first kappa shape index (κ1) is 19.2. The van der Waals surface area contributed by atoms with E-state index in [9.17, 15) is 4.79 Å². The van der Waals surface area contributed by atoms with Gasteiger partial charge in [-0.25, -0.2) is 14.3 Å². The number of aliphatic imine (C=N–C) groups is 1. The second kappa shape index (κ2) is 6.91. The zero-order chi connectivity index (χ0) is 21.8. The number of ether oxygens (including phenoxy) is 2. The molecule has 1 aliphatic rings. The Labute approximate surface area is 179 Å². The number of nitrogens with zero attached hydrogens (tertiary/aromatic N) is 4. The van der Waals surface area contributed by atoms with Crippen LogP contribution in [0.1, 0.15) is 42.3 Å². The number of benzene rings is 2. The van der Waals surface area contributed by atoms with E-state index in [1.54, 1.807) is 24.6 Å². The van der Waals surface area contributed by atoms with E-state index >= 15 is 0 Å². The van der Waals surface area contributed by atoms with Crippen molar-refractivity contribution in [2.75, 3.05) is 13.7 Å². The van der Waals surface area contributed by atoms with Gasteiger partial charge < -0.3 is 9.47 Å². The summed E-state index contributed by atoms with van der Waals surface area (Å²) < 4.78 is 12.4. The summed E-state index contributed by atoms with van der Waals surface area (Å²) in [6, 6.07) is 11.3. The van der Waals surface area contributed by atoms with Gasteiger partial charge in [-0.05, 0) is 42.8 Å². The Morgan fingerprint density at radius 1 is 1.19 bits per heavy atom. The third kappa shape index (κ3) is 2.88. The van der Waals surface area contributed by atoms with Gasteiger partial charge in [-0.3, -0.25) is 4.99 Å². The summed E-state index contributed by atoms with van der Waals surface area (Å²) in [5.74, 6) is 0.417. The van der Waals surface area contributed by atoms with E-state index in [2.05, 4.69) is 23.9 Å². The largest absolute Gasteiger partial charge is 0.496 e. The predicted octanol–water partition coefficient (Wildman–Crippen LogP) is 4.48. The van der Waals surface area contributed by atoms with Crippen LogP contribution < -0.4 is 4.74 Å². The van der Waals surface area contributed by atoms with Gasteiger partial charge in [0.25, 0.3) is 0 Å². The number of esters is 1. The van der Waals surface area contributed by atoms with Gasteiger partial charge in [-0.2, -0.15) is 5.10 Å². The summed E-state index contributed by atoms with van der Waals surface area (Å²) in [6.07, 6.45) is 3.77. The second-order valence-electron chi connectivity index (χ2n) is 8.00. The first-order valence-corrected chi connectivity index (χ1v) is 10.2. The number of carbonyl (C=O) groups is 1. The van der Waals surface area contributed by atoms with Gasteiger partial charge in [-0.1, -0.05) is 19.9 Å². The molecule has 4 aromatic rings. The van der Waals surface area contributed by atoms with E-state index < -0.39 is 5.41 Å². The molecular weight excluding hydrogens is 392 g/mol. The van der Waals surface area contributed by atoms with Crippen LogP contribution in [0.4, 0.5) is 5.69 Å². The normalized spacial score (nSPS) is 14.5. The molecule has 7 nitrogen and oxygen atoms in total. The van der Waals surface area contributed by atoms with Gasteiger partial charge in [-0.15, -0.1) is 0 Å². The first-order valence-electron chi connectivity index (χ1n) is 10.2. The minimum Gasteiger partial charge on any atom is -0.496 e. The van der Waals surface area contributed by atoms with Crippen LogP contribution in [-0.2, 0) is 10.2 Å². The maximum atomic E-state index is 12.2.